The number of ether oxygens (including phenoxy) is 1. The Labute approximate surface area is 165 Å². The van der Waals surface area contributed by atoms with Crippen LogP contribution in [0.5, 0.6) is 0 Å². The Morgan fingerprint density at radius 1 is 1.19 bits per heavy atom. The smallest absolute Gasteiger partial charge is 0.325 e. The summed E-state index contributed by atoms with van der Waals surface area (Å²) in [5.41, 5.74) is 1.99. The molecular weight excluding hydrogens is 380 g/mol. The van der Waals surface area contributed by atoms with Crippen molar-refractivity contribution in [3.63, 3.8) is 0 Å². The number of thioether (sulfide) groups is 1. The molecule has 3 aromatic rings. The van der Waals surface area contributed by atoms with Crippen LogP contribution < -0.4 is 4.80 Å². The summed E-state index contributed by atoms with van der Waals surface area (Å²) in [6, 6.07) is 15.9. The van der Waals surface area contributed by atoms with Crippen molar-refractivity contribution in [3.8, 4) is 0 Å². The van der Waals surface area contributed by atoms with Crippen molar-refractivity contribution in [1.82, 2.24) is 4.57 Å². The molecule has 0 saturated carbocycles. The molecule has 0 radical (unpaired) electrons. The Kier molecular flexibility index (Phi) is 6.47. The predicted octanol–water partition coefficient (Wildman–Crippen LogP) is 3.79. The third kappa shape index (κ3) is 5.08. The third-order valence-corrected chi connectivity index (χ3v) is 5.96. The van der Waals surface area contributed by atoms with Crippen molar-refractivity contribution < 1.29 is 14.3 Å². The molecule has 0 bridgehead atoms. The van der Waals surface area contributed by atoms with Gasteiger partial charge < -0.3 is 9.30 Å². The van der Waals surface area contributed by atoms with Crippen LogP contribution in [-0.4, -0.2) is 29.3 Å². The van der Waals surface area contributed by atoms with Crippen LogP contribution in [0.25, 0.3) is 10.2 Å². The van der Waals surface area contributed by atoms with Gasteiger partial charge in [0.2, 0.25) is 5.91 Å². The summed E-state index contributed by atoms with van der Waals surface area (Å²) >= 11 is 3.04. The highest BCUT2D eigenvalue weighted by Gasteiger charge is 2.12. The van der Waals surface area contributed by atoms with Gasteiger partial charge in [-0.2, -0.15) is 4.99 Å². The molecule has 0 saturated heterocycles. The fourth-order valence-corrected chi connectivity index (χ4v) is 4.55. The van der Waals surface area contributed by atoms with Crippen LogP contribution in [0.1, 0.15) is 12.0 Å². The SMILES string of the molecule is COC(=O)Cn1c(=NC(=O)CCSc2ccccc2)sc2cc(C)ccc21. The monoisotopic (exact) mass is 400 g/mol. The van der Waals surface area contributed by atoms with Gasteiger partial charge >= 0.3 is 5.97 Å². The van der Waals surface area contributed by atoms with Gasteiger partial charge in [0.1, 0.15) is 6.54 Å². The number of fused-ring (bicyclic) bond motifs is 1. The van der Waals surface area contributed by atoms with Gasteiger partial charge in [0.25, 0.3) is 0 Å². The summed E-state index contributed by atoms with van der Waals surface area (Å²) in [5, 5.41) is 0. The molecule has 0 aliphatic rings. The second-order valence-corrected chi connectivity index (χ2v) is 8.11. The van der Waals surface area contributed by atoms with E-state index in [1.165, 1.54) is 18.4 Å². The molecule has 0 spiro atoms. The molecule has 0 aliphatic carbocycles. The van der Waals surface area contributed by atoms with Crippen LogP contribution >= 0.6 is 23.1 Å². The highest BCUT2D eigenvalue weighted by Crippen LogP contribution is 2.20. The van der Waals surface area contributed by atoms with Crippen molar-refractivity contribution >= 4 is 45.2 Å². The number of rotatable bonds is 6. The molecule has 0 fully saturated rings. The normalized spacial score (nSPS) is 11.7. The van der Waals surface area contributed by atoms with Crippen LogP contribution in [0.2, 0.25) is 0 Å². The van der Waals surface area contributed by atoms with Crippen LogP contribution in [0.4, 0.5) is 0 Å². The zero-order valence-corrected chi connectivity index (χ0v) is 16.8. The number of aryl methyl sites for hydroxylation is 1. The van der Waals surface area contributed by atoms with Gasteiger partial charge in [0.05, 0.1) is 17.3 Å². The fourth-order valence-electron chi connectivity index (χ4n) is 2.55. The highest BCUT2D eigenvalue weighted by molar-refractivity contribution is 7.99. The van der Waals surface area contributed by atoms with E-state index in [0.29, 0.717) is 17.0 Å². The summed E-state index contributed by atoms with van der Waals surface area (Å²) in [4.78, 5) is 30.1. The second kappa shape index (κ2) is 9.01. The Balaban J connectivity index is 1.81. The lowest BCUT2D eigenvalue weighted by atomic mass is 10.2. The number of carbonyl (C=O) groups is 2. The van der Waals surface area contributed by atoms with E-state index < -0.39 is 0 Å². The average Bonchev–Trinajstić information content (AvgIpc) is 2.98. The topological polar surface area (TPSA) is 60.7 Å². The lowest BCUT2D eigenvalue weighted by Gasteiger charge is -2.04. The number of esters is 1. The molecule has 0 unspecified atom stereocenters. The molecule has 3 rings (SSSR count). The van der Waals surface area contributed by atoms with E-state index in [0.717, 1.165) is 20.7 Å². The predicted molar refractivity (Wildman–Crippen MR) is 109 cm³/mol. The molecule has 0 atom stereocenters. The number of amides is 1. The van der Waals surface area contributed by atoms with E-state index in [1.807, 2.05) is 55.5 Å². The van der Waals surface area contributed by atoms with Crippen molar-refractivity contribution in [1.29, 1.82) is 0 Å². The number of benzene rings is 2. The molecule has 27 heavy (non-hydrogen) atoms. The molecule has 140 valence electrons. The van der Waals surface area contributed by atoms with Gasteiger partial charge in [-0.05, 0) is 36.8 Å². The van der Waals surface area contributed by atoms with Crippen molar-refractivity contribution in [2.24, 2.45) is 4.99 Å². The Morgan fingerprint density at radius 2 is 1.96 bits per heavy atom. The zero-order valence-electron chi connectivity index (χ0n) is 15.2. The van der Waals surface area contributed by atoms with Crippen LogP contribution in [0.15, 0.2) is 58.4 Å². The van der Waals surface area contributed by atoms with E-state index in [2.05, 4.69) is 4.99 Å². The Hall–Kier alpha value is -2.38. The maximum Gasteiger partial charge on any atom is 0.325 e. The van der Waals surface area contributed by atoms with Crippen molar-refractivity contribution in [2.75, 3.05) is 12.9 Å². The van der Waals surface area contributed by atoms with Gasteiger partial charge in [-0.25, -0.2) is 0 Å². The van der Waals surface area contributed by atoms with E-state index in [-0.39, 0.29) is 18.4 Å². The van der Waals surface area contributed by atoms with Gasteiger partial charge in [0, 0.05) is 17.1 Å². The van der Waals surface area contributed by atoms with E-state index >= 15 is 0 Å². The Morgan fingerprint density at radius 3 is 2.70 bits per heavy atom. The number of aromatic nitrogens is 1. The van der Waals surface area contributed by atoms with Gasteiger partial charge in [0.15, 0.2) is 4.80 Å². The van der Waals surface area contributed by atoms with E-state index in [4.69, 9.17) is 4.74 Å². The summed E-state index contributed by atoms with van der Waals surface area (Å²) in [6.45, 7) is 2.04. The first-order valence-electron chi connectivity index (χ1n) is 8.49. The van der Waals surface area contributed by atoms with Crippen molar-refractivity contribution in [2.45, 2.75) is 24.8 Å². The van der Waals surface area contributed by atoms with Crippen molar-refractivity contribution in [3.05, 3.63) is 58.9 Å². The largest absolute Gasteiger partial charge is 0.468 e. The molecule has 1 amide bonds. The Bertz CT molecular complexity index is 1020. The number of hydrogen-bond donors (Lipinski definition) is 0. The minimum absolute atomic E-state index is 0.0322. The molecule has 5 nitrogen and oxygen atoms in total. The maximum absolute atomic E-state index is 12.4. The molecule has 1 heterocycles. The average molecular weight is 401 g/mol. The summed E-state index contributed by atoms with van der Waals surface area (Å²) in [6.07, 6.45) is 0.338. The minimum Gasteiger partial charge on any atom is -0.468 e. The molecular formula is C20H20N2O3S2. The molecule has 1 aromatic heterocycles. The van der Waals surface area contributed by atoms with Crippen LogP contribution in [0, 0.1) is 6.92 Å². The van der Waals surface area contributed by atoms with E-state index in [9.17, 15) is 9.59 Å². The summed E-state index contributed by atoms with van der Waals surface area (Å²) in [5.74, 6) is 0.0945. The first kappa shape index (κ1) is 19.4. The first-order chi connectivity index (χ1) is 13.1. The minimum atomic E-state index is -0.371. The molecule has 0 aliphatic heterocycles. The maximum atomic E-state index is 12.4. The van der Waals surface area contributed by atoms with Crippen LogP contribution in [0.3, 0.4) is 0 Å². The molecule has 7 heteroatoms. The number of thiazole rings is 1. The third-order valence-electron chi connectivity index (χ3n) is 3.90. The van der Waals surface area contributed by atoms with Gasteiger partial charge in [-0.15, -0.1) is 11.8 Å². The standard InChI is InChI=1S/C20H20N2O3S2/c1-14-8-9-16-17(12-14)27-20(22(16)13-19(24)25-2)21-18(23)10-11-26-15-6-4-3-5-7-15/h3-9,12H,10-11,13H2,1-2H3. The lowest BCUT2D eigenvalue weighted by molar-refractivity contribution is -0.141. The molecule has 2 aromatic carbocycles. The molecule has 0 N–H and O–H groups in total. The van der Waals surface area contributed by atoms with Crippen LogP contribution in [-0.2, 0) is 20.9 Å². The second-order valence-electron chi connectivity index (χ2n) is 5.94. The summed E-state index contributed by atoms with van der Waals surface area (Å²) < 4.78 is 7.52. The number of carbonyl (C=O) groups excluding carboxylic acids is 2. The number of nitrogens with zero attached hydrogens (tertiary/aromatic N) is 2. The van der Waals surface area contributed by atoms with Gasteiger partial charge in [-0.1, -0.05) is 35.6 Å². The number of hydrogen-bond acceptors (Lipinski definition) is 5. The quantitative estimate of drug-likeness (QED) is 0.466. The zero-order chi connectivity index (χ0) is 19.2. The lowest BCUT2D eigenvalue weighted by Crippen LogP contribution is -2.22. The van der Waals surface area contributed by atoms with Gasteiger partial charge in [-0.3, -0.25) is 9.59 Å². The highest BCUT2D eigenvalue weighted by atomic mass is 32.2. The summed E-state index contributed by atoms with van der Waals surface area (Å²) in [7, 11) is 1.35. The van der Waals surface area contributed by atoms with E-state index in [1.54, 1.807) is 16.3 Å². The first-order valence-corrected chi connectivity index (χ1v) is 10.3. The fraction of sp³-hybridized carbons (Fsp3) is 0.250. The number of methoxy groups -OCH3 is 1.